The van der Waals surface area contributed by atoms with Crippen LogP contribution in [0.5, 0.6) is 0 Å². The van der Waals surface area contributed by atoms with Crippen molar-refractivity contribution in [3.63, 3.8) is 0 Å². The van der Waals surface area contributed by atoms with Gasteiger partial charge < -0.3 is 30.1 Å². The molecule has 4 N–H and O–H groups in total. The van der Waals surface area contributed by atoms with Crippen LogP contribution in [0.1, 0.15) is 74.8 Å². The average molecular weight is 623 g/mol. The molecule has 0 spiro atoms. The molecule has 15 heteroatoms. The zero-order valence-electron chi connectivity index (χ0n) is 25.2. The number of hydrogen-bond donors (Lipinski definition) is 2. The minimum absolute atomic E-state index is 0.0465. The summed E-state index contributed by atoms with van der Waals surface area (Å²) in [5, 5.41) is 8.97. The van der Waals surface area contributed by atoms with Gasteiger partial charge in [-0.3, -0.25) is 0 Å². The van der Waals surface area contributed by atoms with E-state index in [0.717, 1.165) is 51.4 Å². The van der Waals surface area contributed by atoms with Gasteiger partial charge in [0.1, 0.15) is 0 Å². The van der Waals surface area contributed by atoms with Gasteiger partial charge in [0, 0.05) is 25.2 Å². The van der Waals surface area contributed by atoms with Crippen LogP contribution in [-0.2, 0) is 0 Å². The highest BCUT2D eigenvalue weighted by molar-refractivity contribution is 5.76. The molecule has 8 heterocycles. The van der Waals surface area contributed by atoms with Gasteiger partial charge in [-0.15, -0.1) is 10.2 Å². The maximum absolute atomic E-state index is 14.7. The molecule has 2 saturated heterocycles. The predicted molar refractivity (Wildman–Crippen MR) is 167 cm³/mol. The van der Waals surface area contributed by atoms with Crippen molar-refractivity contribution >= 4 is 29.2 Å². The quantitative estimate of drug-likeness (QED) is 0.272. The van der Waals surface area contributed by atoms with Gasteiger partial charge in [-0.05, 0) is 49.9 Å². The summed E-state index contributed by atoms with van der Waals surface area (Å²) in [4.78, 5) is 37.4. The number of hydrogen-bond acceptors (Lipinski definition) is 11. The standard InChI is InChI=1S/C31H34N12O3/c32-29-34-19(17-25-36-27(38-42(25)29)23-11-7-15-45-23)21-9-3-1-5-13-40(21)31(44)41-14-6-2-4-10-22(41)20-18-26-37-28(24-12-8-16-46-24)39-43(26)30(33)35-20/h7-8,11-12,15-18,21-22H,1-6,9-10,13-14H2,(H2,32,34)(H2,33,35). The second kappa shape index (κ2) is 11.5. The Kier molecular flexibility index (Phi) is 6.99. The zero-order chi connectivity index (χ0) is 31.2. The summed E-state index contributed by atoms with van der Waals surface area (Å²) in [7, 11) is 0. The van der Waals surface area contributed by atoms with E-state index >= 15 is 0 Å². The number of nitrogen functional groups attached to an aromatic ring is 2. The summed E-state index contributed by atoms with van der Waals surface area (Å²) in [6.07, 6.45) is 10.5. The minimum Gasteiger partial charge on any atom is -0.461 e. The fourth-order valence-corrected chi connectivity index (χ4v) is 6.68. The van der Waals surface area contributed by atoms with Crippen LogP contribution < -0.4 is 11.5 Å². The van der Waals surface area contributed by atoms with Crippen molar-refractivity contribution < 1.29 is 13.6 Å². The van der Waals surface area contributed by atoms with Crippen LogP contribution in [0, 0.1) is 0 Å². The van der Waals surface area contributed by atoms with Crippen LogP contribution in [0.3, 0.4) is 0 Å². The molecule has 0 aromatic carbocycles. The van der Waals surface area contributed by atoms with Crippen molar-refractivity contribution in [1.82, 2.24) is 49.0 Å². The molecule has 236 valence electrons. The summed E-state index contributed by atoms with van der Waals surface area (Å²) in [6.45, 7) is 1.21. The van der Waals surface area contributed by atoms with E-state index in [4.69, 9.17) is 30.3 Å². The molecule has 2 amide bonds. The Bertz CT molecular complexity index is 1860. The summed E-state index contributed by atoms with van der Waals surface area (Å²) < 4.78 is 14.0. The van der Waals surface area contributed by atoms with Crippen LogP contribution in [0.2, 0.25) is 0 Å². The van der Waals surface area contributed by atoms with Gasteiger partial charge in [0.05, 0.1) is 36.0 Å². The van der Waals surface area contributed by atoms with Gasteiger partial charge in [-0.1, -0.05) is 25.7 Å². The Morgan fingerprint density at radius 1 is 0.674 bits per heavy atom. The normalized spacial score (nSPS) is 19.5. The molecule has 6 aromatic heterocycles. The lowest BCUT2D eigenvalue weighted by atomic mass is 10.0. The van der Waals surface area contributed by atoms with Crippen molar-refractivity contribution in [2.75, 3.05) is 24.6 Å². The lowest BCUT2D eigenvalue weighted by Gasteiger charge is -2.38. The first kappa shape index (κ1) is 28.0. The van der Waals surface area contributed by atoms with Gasteiger partial charge >= 0.3 is 6.03 Å². The Balaban J connectivity index is 1.14. The van der Waals surface area contributed by atoms with E-state index in [0.29, 0.717) is 58.9 Å². The Hall–Kier alpha value is -5.47. The Morgan fingerprint density at radius 3 is 1.59 bits per heavy atom. The third-order valence-electron chi connectivity index (χ3n) is 8.90. The van der Waals surface area contributed by atoms with E-state index < -0.39 is 0 Å². The van der Waals surface area contributed by atoms with Crippen LogP contribution in [-0.4, -0.2) is 68.1 Å². The smallest absolute Gasteiger partial charge is 0.321 e. The lowest BCUT2D eigenvalue weighted by molar-refractivity contribution is 0.115. The van der Waals surface area contributed by atoms with Crippen molar-refractivity contribution in [1.29, 1.82) is 0 Å². The number of fused-ring (bicyclic) bond motifs is 2. The highest BCUT2D eigenvalue weighted by atomic mass is 16.3. The van der Waals surface area contributed by atoms with Gasteiger partial charge in [-0.2, -0.15) is 9.03 Å². The number of rotatable bonds is 4. The third kappa shape index (κ3) is 4.97. The van der Waals surface area contributed by atoms with E-state index in [1.54, 1.807) is 36.8 Å². The van der Waals surface area contributed by atoms with Crippen molar-refractivity contribution in [2.24, 2.45) is 0 Å². The maximum atomic E-state index is 14.7. The van der Waals surface area contributed by atoms with Crippen molar-refractivity contribution in [3.05, 3.63) is 60.3 Å². The number of nitrogens with two attached hydrogens (primary N) is 2. The highest BCUT2D eigenvalue weighted by Crippen LogP contribution is 2.36. The number of carbonyl (C=O) groups is 1. The summed E-state index contributed by atoms with van der Waals surface area (Å²) >= 11 is 0. The molecule has 15 nitrogen and oxygen atoms in total. The molecular formula is C31H34N12O3. The molecule has 2 fully saturated rings. The first-order chi connectivity index (χ1) is 22.5. The number of furan rings is 2. The monoisotopic (exact) mass is 622 g/mol. The maximum Gasteiger partial charge on any atom is 0.321 e. The number of amides is 2. The van der Waals surface area contributed by atoms with Gasteiger partial charge in [0.15, 0.2) is 22.8 Å². The molecule has 0 saturated carbocycles. The number of urea groups is 1. The fourth-order valence-electron chi connectivity index (χ4n) is 6.68. The van der Waals surface area contributed by atoms with Crippen molar-refractivity contribution in [3.8, 4) is 23.2 Å². The molecule has 6 aromatic rings. The largest absolute Gasteiger partial charge is 0.461 e. The SMILES string of the molecule is Nc1nc(C2CCCCCN2C(=O)N2CCCCCC2c2cc3nc(-c4ccco4)nn3c(N)n2)cc2nc(-c3ccco3)nn12. The molecular weight excluding hydrogens is 588 g/mol. The summed E-state index contributed by atoms with van der Waals surface area (Å²) in [6, 6.07) is 10.3. The van der Waals surface area contributed by atoms with Crippen molar-refractivity contribution in [2.45, 2.75) is 63.5 Å². The molecule has 2 unspecified atom stereocenters. The van der Waals surface area contributed by atoms with Gasteiger partial charge in [0.25, 0.3) is 0 Å². The number of aromatic nitrogens is 8. The fraction of sp³-hybridized carbons (Fsp3) is 0.387. The predicted octanol–water partition coefficient (Wildman–Crippen LogP) is 4.90. The number of likely N-dealkylation sites (tertiary alicyclic amines) is 2. The first-order valence-corrected chi connectivity index (χ1v) is 15.7. The Labute approximate surface area is 263 Å². The molecule has 2 atom stereocenters. The van der Waals surface area contributed by atoms with Crippen LogP contribution in [0.15, 0.2) is 57.8 Å². The minimum atomic E-state index is -0.275. The van der Waals surface area contributed by atoms with Crippen LogP contribution in [0.25, 0.3) is 34.5 Å². The highest BCUT2D eigenvalue weighted by Gasteiger charge is 2.36. The second-order valence-corrected chi connectivity index (χ2v) is 11.8. The average Bonchev–Trinajstić information content (AvgIpc) is 3.85. The molecule has 8 rings (SSSR count). The Morgan fingerprint density at radius 2 is 1.15 bits per heavy atom. The molecule has 0 aliphatic carbocycles. The van der Waals surface area contributed by atoms with E-state index in [2.05, 4.69) is 20.2 Å². The molecule has 0 radical (unpaired) electrons. The molecule has 2 aliphatic heterocycles. The van der Waals surface area contributed by atoms with E-state index in [1.165, 1.54) is 9.03 Å². The van der Waals surface area contributed by atoms with Crippen LogP contribution in [0.4, 0.5) is 16.7 Å². The number of carbonyl (C=O) groups excluding carboxylic acids is 1. The second-order valence-electron chi connectivity index (χ2n) is 11.8. The van der Waals surface area contributed by atoms with Crippen LogP contribution >= 0.6 is 0 Å². The third-order valence-corrected chi connectivity index (χ3v) is 8.90. The molecule has 2 aliphatic rings. The molecule has 0 bridgehead atoms. The summed E-state index contributed by atoms with van der Waals surface area (Å²) in [5.41, 5.74) is 15.3. The first-order valence-electron chi connectivity index (χ1n) is 15.7. The molecule has 46 heavy (non-hydrogen) atoms. The zero-order valence-corrected chi connectivity index (χ0v) is 25.2. The lowest BCUT2D eigenvalue weighted by Crippen LogP contribution is -2.47. The van der Waals surface area contributed by atoms with Gasteiger partial charge in [-0.25, -0.2) is 24.7 Å². The van der Waals surface area contributed by atoms with E-state index in [9.17, 15) is 4.79 Å². The van der Waals surface area contributed by atoms with E-state index in [1.807, 2.05) is 21.9 Å². The topological polar surface area (TPSA) is 188 Å². The van der Waals surface area contributed by atoms with Gasteiger partial charge in [0.2, 0.25) is 23.5 Å². The number of anilines is 2. The van der Waals surface area contributed by atoms with E-state index in [-0.39, 0.29) is 30.0 Å². The summed E-state index contributed by atoms with van der Waals surface area (Å²) in [5.74, 6) is 2.33. The number of nitrogens with zero attached hydrogens (tertiary/aromatic N) is 10.